The predicted octanol–water partition coefficient (Wildman–Crippen LogP) is 3.18. The number of benzene rings is 1. The van der Waals surface area contributed by atoms with E-state index < -0.39 is 0 Å². The number of amides is 1. The lowest BCUT2D eigenvalue weighted by Crippen LogP contribution is -2.38. The molecule has 1 N–H and O–H groups in total. The fourth-order valence-electron chi connectivity index (χ4n) is 3.40. The van der Waals surface area contributed by atoms with Crippen LogP contribution in [0.4, 0.5) is 11.5 Å². The fraction of sp³-hybridized carbons (Fsp3) is 0.300. The highest BCUT2D eigenvalue weighted by atomic mass is 35.5. The van der Waals surface area contributed by atoms with Crippen molar-refractivity contribution in [3.63, 3.8) is 0 Å². The Morgan fingerprint density at radius 3 is 2.59 bits per heavy atom. The normalized spacial score (nSPS) is 14.6. The maximum Gasteiger partial charge on any atom is 0.227 e. The molecule has 3 aromatic rings. The SMILES string of the molecule is COc1ccc(Cl)cc1NC(=O)C1CCN(c2ccc(-n3cccn3)nn2)CC1. The quantitative estimate of drug-likeness (QED) is 0.692. The van der Waals surface area contributed by atoms with Crippen LogP contribution in [0.2, 0.25) is 5.02 Å². The van der Waals surface area contributed by atoms with Gasteiger partial charge in [0.1, 0.15) is 5.75 Å². The van der Waals surface area contributed by atoms with Crippen molar-refractivity contribution in [1.82, 2.24) is 20.0 Å². The van der Waals surface area contributed by atoms with Crippen molar-refractivity contribution in [2.75, 3.05) is 30.4 Å². The zero-order valence-corrected chi connectivity index (χ0v) is 16.7. The lowest BCUT2D eigenvalue weighted by molar-refractivity contribution is -0.120. The largest absolute Gasteiger partial charge is 0.495 e. The summed E-state index contributed by atoms with van der Waals surface area (Å²) in [6.07, 6.45) is 4.99. The smallest absolute Gasteiger partial charge is 0.227 e. The van der Waals surface area contributed by atoms with Crippen molar-refractivity contribution in [3.8, 4) is 11.6 Å². The molecule has 3 heterocycles. The van der Waals surface area contributed by atoms with Gasteiger partial charge in [-0.25, -0.2) is 4.68 Å². The van der Waals surface area contributed by atoms with Crippen LogP contribution in [0.25, 0.3) is 5.82 Å². The van der Waals surface area contributed by atoms with Crippen LogP contribution < -0.4 is 15.0 Å². The van der Waals surface area contributed by atoms with Gasteiger partial charge in [-0.1, -0.05) is 11.6 Å². The van der Waals surface area contributed by atoms with E-state index in [-0.39, 0.29) is 11.8 Å². The molecule has 29 heavy (non-hydrogen) atoms. The van der Waals surface area contributed by atoms with Crippen molar-refractivity contribution < 1.29 is 9.53 Å². The fourth-order valence-corrected chi connectivity index (χ4v) is 3.57. The molecule has 1 amide bonds. The number of methoxy groups -OCH3 is 1. The van der Waals surface area contributed by atoms with E-state index in [1.807, 2.05) is 24.4 Å². The Kier molecular flexibility index (Phi) is 5.62. The van der Waals surface area contributed by atoms with Crippen LogP contribution in [-0.2, 0) is 4.79 Å². The van der Waals surface area contributed by atoms with E-state index in [9.17, 15) is 4.79 Å². The highest BCUT2D eigenvalue weighted by Gasteiger charge is 2.26. The molecular formula is C20H21ClN6O2. The summed E-state index contributed by atoms with van der Waals surface area (Å²) < 4.78 is 6.96. The van der Waals surface area contributed by atoms with Crippen LogP contribution in [0.1, 0.15) is 12.8 Å². The van der Waals surface area contributed by atoms with E-state index in [2.05, 4.69) is 25.5 Å². The zero-order valence-electron chi connectivity index (χ0n) is 16.0. The molecule has 0 unspecified atom stereocenters. The molecule has 0 saturated carbocycles. The topological polar surface area (TPSA) is 85.2 Å². The minimum absolute atomic E-state index is 0.0228. The molecule has 0 aliphatic carbocycles. The molecule has 9 heteroatoms. The first kappa shape index (κ1) is 19.2. The number of halogens is 1. The van der Waals surface area contributed by atoms with Crippen LogP contribution in [0.15, 0.2) is 48.8 Å². The van der Waals surface area contributed by atoms with Gasteiger partial charge < -0.3 is 15.0 Å². The molecular weight excluding hydrogens is 392 g/mol. The lowest BCUT2D eigenvalue weighted by atomic mass is 9.95. The predicted molar refractivity (Wildman–Crippen MR) is 111 cm³/mol. The minimum atomic E-state index is -0.0776. The maximum atomic E-state index is 12.7. The second-order valence-electron chi connectivity index (χ2n) is 6.80. The van der Waals surface area contributed by atoms with Crippen LogP contribution in [-0.4, -0.2) is 46.1 Å². The van der Waals surface area contributed by atoms with Gasteiger partial charge in [-0.15, -0.1) is 10.2 Å². The average molecular weight is 413 g/mol. The third kappa shape index (κ3) is 4.32. The molecule has 1 aromatic carbocycles. The number of aromatic nitrogens is 4. The minimum Gasteiger partial charge on any atom is -0.495 e. The molecule has 0 atom stereocenters. The van der Waals surface area contributed by atoms with Gasteiger partial charge in [0.2, 0.25) is 5.91 Å². The van der Waals surface area contributed by atoms with Gasteiger partial charge in [-0.05, 0) is 49.2 Å². The Morgan fingerprint density at radius 2 is 1.93 bits per heavy atom. The third-order valence-electron chi connectivity index (χ3n) is 4.98. The Morgan fingerprint density at radius 1 is 1.17 bits per heavy atom. The number of piperidine rings is 1. The van der Waals surface area contributed by atoms with Gasteiger partial charge in [0.25, 0.3) is 0 Å². The van der Waals surface area contributed by atoms with Crippen molar-refractivity contribution in [2.45, 2.75) is 12.8 Å². The molecule has 0 radical (unpaired) electrons. The van der Waals surface area contributed by atoms with E-state index in [4.69, 9.17) is 16.3 Å². The van der Waals surface area contributed by atoms with E-state index >= 15 is 0 Å². The van der Waals surface area contributed by atoms with Gasteiger partial charge in [-0.3, -0.25) is 4.79 Å². The summed E-state index contributed by atoms with van der Waals surface area (Å²) in [4.78, 5) is 14.8. The molecule has 0 bridgehead atoms. The average Bonchev–Trinajstić information content (AvgIpc) is 3.29. The zero-order chi connectivity index (χ0) is 20.2. The monoisotopic (exact) mass is 412 g/mol. The molecule has 0 spiro atoms. The molecule has 2 aromatic heterocycles. The second-order valence-corrected chi connectivity index (χ2v) is 7.23. The number of hydrogen-bond donors (Lipinski definition) is 1. The summed E-state index contributed by atoms with van der Waals surface area (Å²) in [5, 5.41) is 16.2. The van der Waals surface area contributed by atoms with Gasteiger partial charge in [0, 0.05) is 36.4 Å². The molecule has 1 saturated heterocycles. The van der Waals surface area contributed by atoms with Gasteiger partial charge in [0.05, 0.1) is 12.8 Å². The van der Waals surface area contributed by atoms with Crippen molar-refractivity contribution >= 4 is 29.0 Å². The van der Waals surface area contributed by atoms with Crippen LogP contribution in [0, 0.1) is 5.92 Å². The maximum absolute atomic E-state index is 12.7. The van der Waals surface area contributed by atoms with Crippen LogP contribution in [0.3, 0.4) is 0 Å². The Balaban J connectivity index is 1.35. The van der Waals surface area contributed by atoms with Crippen molar-refractivity contribution in [2.24, 2.45) is 5.92 Å². The molecule has 1 fully saturated rings. The molecule has 8 nitrogen and oxygen atoms in total. The van der Waals surface area contributed by atoms with Gasteiger partial charge in [-0.2, -0.15) is 5.10 Å². The van der Waals surface area contributed by atoms with E-state index in [0.717, 1.165) is 31.7 Å². The summed E-state index contributed by atoms with van der Waals surface area (Å²) in [6, 6.07) is 10.8. The van der Waals surface area contributed by atoms with Gasteiger partial charge in [0.15, 0.2) is 11.6 Å². The second kappa shape index (κ2) is 8.48. The number of ether oxygens (including phenoxy) is 1. The first-order chi connectivity index (χ1) is 14.1. The molecule has 4 rings (SSSR count). The number of anilines is 2. The van der Waals surface area contributed by atoms with Gasteiger partial charge >= 0.3 is 0 Å². The summed E-state index contributed by atoms with van der Waals surface area (Å²) >= 11 is 6.04. The number of carbonyl (C=O) groups excluding carboxylic acids is 1. The Labute approximate surface area is 173 Å². The summed E-state index contributed by atoms with van der Waals surface area (Å²) in [7, 11) is 1.57. The highest BCUT2D eigenvalue weighted by Crippen LogP contribution is 2.29. The Hall–Kier alpha value is -3.13. The van der Waals surface area contributed by atoms with Crippen LogP contribution >= 0.6 is 11.6 Å². The van der Waals surface area contributed by atoms with Crippen molar-refractivity contribution in [3.05, 3.63) is 53.8 Å². The van der Waals surface area contributed by atoms with E-state index in [0.29, 0.717) is 22.3 Å². The number of nitrogens with zero attached hydrogens (tertiary/aromatic N) is 5. The molecule has 1 aliphatic heterocycles. The first-order valence-electron chi connectivity index (χ1n) is 9.37. The number of rotatable bonds is 5. The summed E-state index contributed by atoms with van der Waals surface area (Å²) in [6.45, 7) is 1.47. The molecule has 150 valence electrons. The van der Waals surface area contributed by atoms with E-state index in [1.54, 1.807) is 36.2 Å². The summed E-state index contributed by atoms with van der Waals surface area (Å²) in [5.74, 6) is 1.96. The Bertz CT molecular complexity index is 969. The van der Waals surface area contributed by atoms with E-state index in [1.165, 1.54) is 0 Å². The number of carbonyl (C=O) groups is 1. The highest BCUT2D eigenvalue weighted by molar-refractivity contribution is 6.31. The molecule has 1 aliphatic rings. The van der Waals surface area contributed by atoms with Crippen LogP contribution in [0.5, 0.6) is 5.75 Å². The van der Waals surface area contributed by atoms with Crippen molar-refractivity contribution in [1.29, 1.82) is 0 Å². The third-order valence-corrected chi connectivity index (χ3v) is 5.22. The standard InChI is InChI=1S/C20H21ClN6O2/c1-29-17-4-3-15(21)13-16(17)23-20(28)14-7-11-26(12-8-14)18-5-6-19(25-24-18)27-10-2-9-22-27/h2-6,9-10,13-14H,7-8,11-12H2,1H3,(H,23,28). The summed E-state index contributed by atoms with van der Waals surface area (Å²) in [5.41, 5.74) is 0.590. The number of nitrogens with one attached hydrogen (secondary N) is 1. The number of hydrogen-bond acceptors (Lipinski definition) is 6. The lowest BCUT2D eigenvalue weighted by Gasteiger charge is -2.31. The first-order valence-corrected chi connectivity index (χ1v) is 9.75.